The minimum absolute atomic E-state index is 0.201. The molecule has 0 aliphatic carbocycles. The van der Waals surface area contributed by atoms with E-state index in [-0.39, 0.29) is 24.3 Å². The molecule has 0 bridgehead atoms. The Morgan fingerprint density at radius 1 is 0.889 bits per heavy atom. The van der Waals surface area contributed by atoms with Gasteiger partial charge in [-0.3, -0.25) is 0 Å². The van der Waals surface area contributed by atoms with Crippen LogP contribution in [0.4, 0.5) is 0 Å². The summed E-state index contributed by atoms with van der Waals surface area (Å²) in [5.41, 5.74) is 2.34. The predicted octanol–water partition coefficient (Wildman–Crippen LogP) is 3.97. The maximum atomic E-state index is 12.8. The SMILES string of the molecule is CCOC(=O)c1c(C(=O)OCC)c2ccccn2c1-c1ccc(OC)cc1. The Hall–Kier alpha value is -3.28. The number of carbonyl (C=O) groups excluding carboxylic acids is 2. The van der Waals surface area contributed by atoms with Crippen LogP contribution in [0.25, 0.3) is 16.8 Å². The van der Waals surface area contributed by atoms with Gasteiger partial charge in [0.15, 0.2) is 0 Å². The highest BCUT2D eigenvalue weighted by Gasteiger charge is 2.30. The van der Waals surface area contributed by atoms with Crippen LogP contribution in [0.2, 0.25) is 0 Å². The molecule has 0 N–H and O–H groups in total. The largest absolute Gasteiger partial charge is 0.497 e. The molecule has 0 saturated heterocycles. The first-order valence-corrected chi connectivity index (χ1v) is 8.74. The van der Waals surface area contributed by atoms with E-state index in [0.29, 0.717) is 17.0 Å². The van der Waals surface area contributed by atoms with Gasteiger partial charge in [-0.15, -0.1) is 0 Å². The summed E-state index contributed by atoms with van der Waals surface area (Å²) in [6, 6.07) is 12.7. The molecule has 27 heavy (non-hydrogen) atoms. The Morgan fingerprint density at radius 2 is 1.52 bits per heavy atom. The van der Waals surface area contributed by atoms with Crippen LogP contribution >= 0.6 is 0 Å². The van der Waals surface area contributed by atoms with Crippen LogP contribution in [-0.4, -0.2) is 36.7 Å². The molecular formula is C21H21NO5. The normalized spacial score (nSPS) is 10.6. The molecule has 3 aromatic rings. The quantitative estimate of drug-likeness (QED) is 0.617. The summed E-state index contributed by atoms with van der Waals surface area (Å²) < 4.78 is 17.5. The number of pyridine rings is 1. The first-order chi connectivity index (χ1) is 13.1. The Kier molecular flexibility index (Phi) is 5.45. The summed E-state index contributed by atoms with van der Waals surface area (Å²) in [7, 11) is 1.59. The first-order valence-electron chi connectivity index (χ1n) is 8.74. The van der Waals surface area contributed by atoms with Crippen molar-refractivity contribution in [1.82, 2.24) is 4.40 Å². The van der Waals surface area contributed by atoms with Gasteiger partial charge in [-0.05, 0) is 55.8 Å². The number of fused-ring (bicyclic) bond motifs is 1. The monoisotopic (exact) mass is 367 g/mol. The van der Waals surface area contributed by atoms with E-state index in [1.807, 2.05) is 24.3 Å². The van der Waals surface area contributed by atoms with Crippen molar-refractivity contribution in [3.05, 3.63) is 59.8 Å². The lowest BCUT2D eigenvalue weighted by Crippen LogP contribution is -2.13. The lowest BCUT2D eigenvalue weighted by Gasteiger charge is -2.08. The third kappa shape index (κ3) is 3.38. The first kappa shape index (κ1) is 18.5. The van der Waals surface area contributed by atoms with Crippen molar-refractivity contribution in [2.24, 2.45) is 0 Å². The molecule has 0 atom stereocenters. The molecule has 1 aromatic carbocycles. The molecule has 2 aromatic heterocycles. The summed E-state index contributed by atoms with van der Waals surface area (Å²) in [5, 5.41) is 0. The minimum Gasteiger partial charge on any atom is -0.497 e. The zero-order chi connectivity index (χ0) is 19.4. The highest BCUT2D eigenvalue weighted by Crippen LogP contribution is 2.34. The molecule has 2 heterocycles. The van der Waals surface area contributed by atoms with E-state index in [9.17, 15) is 9.59 Å². The number of hydrogen-bond donors (Lipinski definition) is 0. The lowest BCUT2D eigenvalue weighted by molar-refractivity contribution is 0.0482. The number of ether oxygens (including phenoxy) is 3. The van der Waals surface area contributed by atoms with Crippen LogP contribution in [0, 0.1) is 0 Å². The molecule has 0 spiro atoms. The number of aromatic nitrogens is 1. The highest BCUT2D eigenvalue weighted by atomic mass is 16.5. The summed E-state index contributed by atoms with van der Waals surface area (Å²) in [6.07, 6.45) is 1.81. The lowest BCUT2D eigenvalue weighted by atomic mass is 10.0. The van der Waals surface area contributed by atoms with Crippen molar-refractivity contribution in [3.8, 4) is 17.0 Å². The Morgan fingerprint density at radius 3 is 2.11 bits per heavy atom. The number of methoxy groups -OCH3 is 1. The Bertz CT molecular complexity index is 972. The maximum absolute atomic E-state index is 12.8. The van der Waals surface area contributed by atoms with Crippen molar-refractivity contribution < 1.29 is 23.8 Å². The molecule has 3 rings (SSSR count). The topological polar surface area (TPSA) is 66.2 Å². The molecular weight excluding hydrogens is 346 g/mol. The number of esters is 2. The molecule has 6 heteroatoms. The molecule has 0 aliphatic heterocycles. The second-order valence-corrected chi connectivity index (χ2v) is 5.72. The van der Waals surface area contributed by atoms with Crippen LogP contribution < -0.4 is 4.74 Å². The van der Waals surface area contributed by atoms with Gasteiger partial charge in [0.2, 0.25) is 0 Å². The fraction of sp³-hybridized carbons (Fsp3) is 0.238. The van der Waals surface area contributed by atoms with Crippen LogP contribution in [0.3, 0.4) is 0 Å². The van der Waals surface area contributed by atoms with Gasteiger partial charge in [0.05, 0.1) is 31.5 Å². The molecule has 6 nitrogen and oxygen atoms in total. The van der Waals surface area contributed by atoms with Gasteiger partial charge in [-0.2, -0.15) is 0 Å². The van der Waals surface area contributed by atoms with Crippen molar-refractivity contribution in [2.75, 3.05) is 20.3 Å². The molecule has 0 amide bonds. The maximum Gasteiger partial charge on any atom is 0.341 e. The number of rotatable bonds is 6. The van der Waals surface area contributed by atoms with Gasteiger partial charge in [0.1, 0.15) is 16.9 Å². The van der Waals surface area contributed by atoms with E-state index < -0.39 is 11.9 Å². The Balaban J connectivity index is 2.34. The second-order valence-electron chi connectivity index (χ2n) is 5.72. The summed E-state index contributed by atoms with van der Waals surface area (Å²) in [6.45, 7) is 3.87. The molecule has 140 valence electrons. The molecule has 0 fully saturated rings. The van der Waals surface area contributed by atoms with Gasteiger partial charge in [0.25, 0.3) is 0 Å². The van der Waals surface area contributed by atoms with Crippen LogP contribution in [-0.2, 0) is 9.47 Å². The number of carbonyl (C=O) groups is 2. The number of benzene rings is 1. The van der Waals surface area contributed by atoms with E-state index >= 15 is 0 Å². The van der Waals surface area contributed by atoms with Crippen LogP contribution in [0.15, 0.2) is 48.7 Å². The molecule has 0 saturated carbocycles. The zero-order valence-electron chi connectivity index (χ0n) is 15.5. The van der Waals surface area contributed by atoms with Gasteiger partial charge in [-0.25, -0.2) is 9.59 Å². The highest BCUT2D eigenvalue weighted by molar-refractivity contribution is 6.13. The molecule has 0 aliphatic rings. The number of hydrogen-bond acceptors (Lipinski definition) is 5. The third-order valence-electron chi connectivity index (χ3n) is 4.17. The Labute approximate surface area is 157 Å². The van der Waals surface area contributed by atoms with E-state index in [1.54, 1.807) is 49.8 Å². The smallest absolute Gasteiger partial charge is 0.341 e. The summed E-state index contributed by atoms with van der Waals surface area (Å²) >= 11 is 0. The average molecular weight is 367 g/mol. The van der Waals surface area contributed by atoms with Gasteiger partial charge in [0, 0.05) is 6.20 Å². The van der Waals surface area contributed by atoms with Crippen molar-refractivity contribution >= 4 is 17.5 Å². The average Bonchev–Trinajstić information content (AvgIpc) is 3.04. The van der Waals surface area contributed by atoms with Gasteiger partial charge in [-0.1, -0.05) is 6.07 Å². The zero-order valence-corrected chi connectivity index (χ0v) is 15.5. The molecule has 0 unspecified atom stereocenters. The number of nitrogens with zero attached hydrogens (tertiary/aromatic N) is 1. The van der Waals surface area contributed by atoms with E-state index in [0.717, 1.165) is 5.56 Å². The minimum atomic E-state index is -0.560. The summed E-state index contributed by atoms with van der Waals surface area (Å²) in [4.78, 5) is 25.5. The van der Waals surface area contributed by atoms with Gasteiger partial charge < -0.3 is 18.6 Å². The van der Waals surface area contributed by atoms with E-state index in [2.05, 4.69) is 0 Å². The van der Waals surface area contributed by atoms with E-state index in [4.69, 9.17) is 14.2 Å². The van der Waals surface area contributed by atoms with Crippen molar-refractivity contribution in [2.45, 2.75) is 13.8 Å². The standard InChI is InChI=1S/C21H21NO5/c1-4-26-20(23)17-16-8-6-7-13-22(16)19(18(17)21(24)27-5-2)14-9-11-15(25-3)12-10-14/h6-13H,4-5H2,1-3H3. The molecule has 0 radical (unpaired) electrons. The van der Waals surface area contributed by atoms with E-state index in [1.165, 1.54) is 0 Å². The predicted molar refractivity (Wildman–Crippen MR) is 101 cm³/mol. The fourth-order valence-electron chi connectivity index (χ4n) is 3.05. The van der Waals surface area contributed by atoms with Crippen molar-refractivity contribution in [1.29, 1.82) is 0 Å². The fourth-order valence-corrected chi connectivity index (χ4v) is 3.05. The van der Waals surface area contributed by atoms with Crippen molar-refractivity contribution in [3.63, 3.8) is 0 Å². The summed E-state index contributed by atoms with van der Waals surface area (Å²) in [5.74, 6) is -0.415. The van der Waals surface area contributed by atoms with Crippen LogP contribution in [0.1, 0.15) is 34.6 Å². The second kappa shape index (κ2) is 7.95. The van der Waals surface area contributed by atoms with Gasteiger partial charge >= 0.3 is 11.9 Å². The van der Waals surface area contributed by atoms with Crippen LogP contribution in [0.5, 0.6) is 5.75 Å². The third-order valence-corrected chi connectivity index (χ3v) is 4.17.